The van der Waals surface area contributed by atoms with Crippen LogP contribution in [0, 0.1) is 0 Å². The van der Waals surface area contributed by atoms with Crippen LogP contribution in [0.2, 0.25) is 0 Å². The fourth-order valence-electron chi connectivity index (χ4n) is 1.69. The van der Waals surface area contributed by atoms with E-state index < -0.39 is 0 Å². The molecule has 7 nitrogen and oxygen atoms in total. The fourth-order valence-corrected chi connectivity index (χ4v) is 1.69. The van der Waals surface area contributed by atoms with Gasteiger partial charge in [-0.2, -0.15) is 0 Å². The molecule has 1 unspecified atom stereocenters. The number of nitrogens with two attached hydrogens (primary N) is 1. The average molecular weight is 265 g/mol. The number of ether oxygens (including phenoxy) is 1. The van der Waals surface area contributed by atoms with Gasteiger partial charge in [-0.05, 0) is 19.1 Å². The summed E-state index contributed by atoms with van der Waals surface area (Å²) in [5.74, 6) is -0.00629. The quantitative estimate of drug-likeness (QED) is 0.844. The summed E-state index contributed by atoms with van der Waals surface area (Å²) in [6.45, 7) is 2.21. The minimum absolute atomic E-state index is 0.0477. The van der Waals surface area contributed by atoms with Crippen LogP contribution in [-0.4, -0.2) is 30.8 Å². The number of carbonyl (C=O) groups excluding carboxylic acids is 1. The maximum Gasteiger partial charge on any atom is 0.259 e. The van der Waals surface area contributed by atoms with E-state index in [1.54, 1.807) is 19.2 Å². The van der Waals surface area contributed by atoms with Crippen molar-refractivity contribution in [2.75, 3.05) is 19.5 Å². The topological polar surface area (TPSA) is 104 Å². The molecule has 1 amide bonds. The van der Waals surface area contributed by atoms with Crippen LogP contribution in [0.25, 0.3) is 11.5 Å². The maximum atomic E-state index is 12.1. The second-order valence-corrected chi connectivity index (χ2v) is 4.08. The van der Waals surface area contributed by atoms with E-state index in [-0.39, 0.29) is 29.1 Å². The van der Waals surface area contributed by atoms with Gasteiger partial charge in [-0.1, -0.05) is 5.16 Å². The van der Waals surface area contributed by atoms with Crippen LogP contribution in [-0.2, 0) is 4.74 Å². The van der Waals surface area contributed by atoms with Gasteiger partial charge in [0.2, 0.25) is 5.88 Å². The highest BCUT2D eigenvalue weighted by Crippen LogP contribution is 2.27. The Bertz CT molecular complexity index is 547. The smallest absolute Gasteiger partial charge is 0.259 e. The van der Waals surface area contributed by atoms with Crippen LogP contribution < -0.4 is 11.1 Å². The molecule has 2 heterocycles. The lowest BCUT2D eigenvalue weighted by Crippen LogP contribution is -2.36. The first kappa shape index (κ1) is 13.2. The predicted octanol–water partition coefficient (Wildman–Crippen LogP) is 1.28. The Hall–Kier alpha value is -2.28. The molecule has 2 aromatic rings. The summed E-state index contributed by atoms with van der Waals surface area (Å²) in [6.07, 6.45) is 1.48. The number of rotatable bonds is 5. The Morgan fingerprint density at radius 3 is 3.05 bits per heavy atom. The lowest BCUT2D eigenvalue weighted by molar-refractivity contribution is 0.0906. The zero-order chi connectivity index (χ0) is 13.8. The van der Waals surface area contributed by atoms with Crippen LogP contribution in [0.3, 0.4) is 0 Å². The van der Waals surface area contributed by atoms with E-state index in [1.807, 2.05) is 6.92 Å². The number of methoxy groups -OCH3 is 1. The SMILES string of the molecule is COCC(C)NC(=O)c1c(-c2ccco2)noc1N. The summed E-state index contributed by atoms with van der Waals surface area (Å²) in [4.78, 5) is 12.1. The lowest BCUT2D eigenvalue weighted by Gasteiger charge is -2.12. The van der Waals surface area contributed by atoms with Crippen molar-refractivity contribution in [1.82, 2.24) is 10.5 Å². The van der Waals surface area contributed by atoms with Crippen LogP contribution in [0.1, 0.15) is 17.3 Å². The molecule has 0 aromatic carbocycles. The van der Waals surface area contributed by atoms with Gasteiger partial charge in [0.15, 0.2) is 11.5 Å². The van der Waals surface area contributed by atoms with E-state index in [0.29, 0.717) is 12.4 Å². The molecule has 2 aromatic heterocycles. The highest BCUT2D eigenvalue weighted by atomic mass is 16.5. The predicted molar refractivity (Wildman–Crippen MR) is 67.4 cm³/mol. The molecule has 2 rings (SSSR count). The lowest BCUT2D eigenvalue weighted by atomic mass is 10.1. The second-order valence-electron chi connectivity index (χ2n) is 4.08. The van der Waals surface area contributed by atoms with Crippen LogP contribution in [0.4, 0.5) is 5.88 Å². The number of carbonyl (C=O) groups is 1. The molecule has 7 heteroatoms. The van der Waals surface area contributed by atoms with Gasteiger partial charge in [0, 0.05) is 13.2 Å². The Balaban J connectivity index is 2.24. The van der Waals surface area contributed by atoms with E-state index in [4.69, 9.17) is 19.4 Å². The van der Waals surface area contributed by atoms with Gasteiger partial charge >= 0.3 is 0 Å². The Labute approximate surface area is 109 Å². The molecule has 3 N–H and O–H groups in total. The Kier molecular flexibility index (Phi) is 3.86. The molecule has 0 saturated carbocycles. The molecular formula is C12H15N3O4. The van der Waals surface area contributed by atoms with Gasteiger partial charge in [0.1, 0.15) is 5.56 Å². The highest BCUT2D eigenvalue weighted by molar-refractivity contribution is 6.03. The second kappa shape index (κ2) is 5.57. The molecule has 0 bridgehead atoms. The van der Waals surface area contributed by atoms with Crippen LogP contribution >= 0.6 is 0 Å². The summed E-state index contributed by atoms with van der Waals surface area (Å²) >= 11 is 0. The molecule has 0 radical (unpaired) electrons. The number of anilines is 1. The number of hydrogen-bond donors (Lipinski definition) is 2. The van der Waals surface area contributed by atoms with E-state index >= 15 is 0 Å². The largest absolute Gasteiger partial charge is 0.463 e. The molecule has 19 heavy (non-hydrogen) atoms. The number of nitrogens with zero attached hydrogens (tertiary/aromatic N) is 1. The molecule has 0 saturated heterocycles. The summed E-state index contributed by atoms with van der Waals surface area (Å²) in [5.41, 5.74) is 6.08. The summed E-state index contributed by atoms with van der Waals surface area (Å²) in [5, 5.41) is 6.49. The molecule has 0 aliphatic carbocycles. The van der Waals surface area contributed by atoms with E-state index in [0.717, 1.165) is 0 Å². The maximum absolute atomic E-state index is 12.1. The first-order valence-corrected chi connectivity index (χ1v) is 5.72. The average Bonchev–Trinajstić information content (AvgIpc) is 2.97. The van der Waals surface area contributed by atoms with Gasteiger partial charge in [-0.15, -0.1) is 0 Å². The van der Waals surface area contributed by atoms with Gasteiger partial charge in [0.05, 0.1) is 12.9 Å². The van der Waals surface area contributed by atoms with Crippen molar-refractivity contribution in [3.63, 3.8) is 0 Å². The van der Waals surface area contributed by atoms with E-state index in [9.17, 15) is 4.79 Å². The van der Waals surface area contributed by atoms with E-state index in [1.165, 1.54) is 6.26 Å². The molecule has 0 aliphatic heterocycles. The van der Waals surface area contributed by atoms with E-state index in [2.05, 4.69) is 10.5 Å². The van der Waals surface area contributed by atoms with Crippen molar-refractivity contribution < 1.29 is 18.5 Å². The van der Waals surface area contributed by atoms with Gasteiger partial charge < -0.3 is 24.7 Å². The van der Waals surface area contributed by atoms with Crippen molar-refractivity contribution in [2.45, 2.75) is 13.0 Å². The monoisotopic (exact) mass is 265 g/mol. The third kappa shape index (κ3) is 2.76. The molecule has 0 fully saturated rings. The molecular weight excluding hydrogens is 250 g/mol. The van der Waals surface area contributed by atoms with Crippen molar-refractivity contribution in [1.29, 1.82) is 0 Å². The number of amides is 1. The standard InChI is InChI=1S/C12H15N3O4/c1-7(6-17-2)14-12(16)9-10(15-19-11(9)13)8-4-3-5-18-8/h3-5,7H,6,13H2,1-2H3,(H,14,16). The minimum atomic E-state index is -0.380. The van der Waals surface area contributed by atoms with Crippen molar-refractivity contribution in [2.24, 2.45) is 0 Å². The molecule has 0 aliphatic rings. The number of aromatic nitrogens is 1. The van der Waals surface area contributed by atoms with Gasteiger partial charge in [-0.3, -0.25) is 4.79 Å². The van der Waals surface area contributed by atoms with Gasteiger partial charge in [0.25, 0.3) is 5.91 Å². The number of nitrogen functional groups attached to an aromatic ring is 1. The first-order valence-electron chi connectivity index (χ1n) is 5.72. The van der Waals surface area contributed by atoms with Crippen molar-refractivity contribution >= 4 is 11.8 Å². The zero-order valence-corrected chi connectivity index (χ0v) is 10.7. The van der Waals surface area contributed by atoms with Crippen molar-refractivity contribution in [3.05, 3.63) is 24.0 Å². The van der Waals surface area contributed by atoms with Gasteiger partial charge in [-0.25, -0.2) is 0 Å². The molecule has 0 spiro atoms. The third-order valence-electron chi connectivity index (χ3n) is 2.49. The fraction of sp³-hybridized carbons (Fsp3) is 0.333. The third-order valence-corrected chi connectivity index (χ3v) is 2.49. The normalized spacial score (nSPS) is 12.3. The van der Waals surface area contributed by atoms with Crippen LogP contribution in [0.15, 0.2) is 27.3 Å². The number of nitrogens with one attached hydrogen (secondary N) is 1. The summed E-state index contributed by atoms with van der Waals surface area (Å²) in [7, 11) is 1.56. The summed E-state index contributed by atoms with van der Waals surface area (Å²) < 4.78 is 15.0. The number of hydrogen-bond acceptors (Lipinski definition) is 6. The first-order chi connectivity index (χ1) is 9.13. The Morgan fingerprint density at radius 2 is 2.42 bits per heavy atom. The molecule has 1 atom stereocenters. The summed E-state index contributed by atoms with van der Waals surface area (Å²) in [6, 6.07) is 3.21. The number of furan rings is 1. The van der Waals surface area contributed by atoms with Crippen molar-refractivity contribution in [3.8, 4) is 11.5 Å². The molecule has 102 valence electrons. The van der Waals surface area contributed by atoms with Crippen LogP contribution in [0.5, 0.6) is 0 Å². The minimum Gasteiger partial charge on any atom is -0.463 e. The highest BCUT2D eigenvalue weighted by Gasteiger charge is 2.24. The Morgan fingerprint density at radius 1 is 1.63 bits per heavy atom. The zero-order valence-electron chi connectivity index (χ0n) is 10.7.